The molecule has 0 fully saturated rings. The molecule has 0 unspecified atom stereocenters. The van der Waals surface area contributed by atoms with Crippen LogP contribution in [0.3, 0.4) is 0 Å². The smallest absolute Gasteiger partial charge is 0.312 e. The Kier molecular flexibility index (Phi) is 4.70. The minimum absolute atomic E-state index is 0.182. The Morgan fingerprint density at radius 1 is 1.14 bits per heavy atom. The fourth-order valence-electron chi connectivity index (χ4n) is 1.60. The highest BCUT2D eigenvalue weighted by atomic mass is 16.2. The molecule has 0 aliphatic rings. The van der Waals surface area contributed by atoms with Crippen LogP contribution in [0.4, 0.5) is 4.79 Å². The monoisotopic (exact) mass is 302 g/mol. The molecule has 0 radical (unpaired) electrons. The molecule has 0 spiro atoms. The first kappa shape index (κ1) is 15.0. The van der Waals surface area contributed by atoms with Gasteiger partial charge in [-0.05, 0) is 6.07 Å². The number of urea groups is 1. The number of H-pyrrole nitrogens is 1. The molecule has 1 heterocycles. The van der Waals surface area contributed by atoms with E-state index < -0.39 is 17.8 Å². The lowest BCUT2D eigenvalue weighted by atomic mass is 10.1. The number of nitrogens with zero attached hydrogens (tertiary/aromatic N) is 1. The molecule has 0 aliphatic heterocycles. The molecule has 22 heavy (non-hydrogen) atoms. The predicted octanol–water partition coefficient (Wildman–Crippen LogP) is -0.494. The highest BCUT2D eigenvalue weighted by Gasteiger charge is 2.11. The van der Waals surface area contributed by atoms with Crippen molar-refractivity contribution in [1.82, 2.24) is 26.4 Å². The Bertz CT molecular complexity index is 682. The summed E-state index contributed by atoms with van der Waals surface area (Å²) < 4.78 is 0. The first-order valence-corrected chi connectivity index (χ1v) is 6.29. The van der Waals surface area contributed by atoms with E-state index in [1.165, 1.54) is 0 Å². The SMILES string of the molecule is NC(=O)NCC(=O)NNC(=O)c1cc(-c2ccccc2)n[nH]1. The van der Waals surface area contributed by atoms with Gasteiger partial charge >= 0.3 is 6.03 Å². The highest BCUT2D eigenvalue weighted by molar-refractivity contribution is 5.95. The Labute approximate surface area is 125 Å². The van der Waals surface area contributed by atoms with Crippen LogP contribution in [-0.2, 0) is 4.79 Å². The van der Waals surface area contributed by atoms with Crippen molar-refractivity contribution in [1.29, 1.82) is 0 Å². The summed E-state index contributed by atoms with van der Waals surface area (Å²) in [5.74, 6) is -1.18. The average molecular weight is 302 g/mol. The van der Waals surface area contributed by atoms with Gasteiger partial charge in [-0.2, -0.15) is 5.10 Å². The number of primary amides is 1. The van der Waals surface area contributed by atoms with Crippen LogP contribution < -0.4 is 21.9 Å². The standard InChI is InChI=1S/C13H14N6O3/c14-13(22)15-7-11(20)18-19-12(21)10-6-9(16-17-10)8-4-2-1-3-5-8/h1-6H,7H2,(H,16,17)(H,18,20)(H,19,21)(H3,14,15,22). The van der Waals surface area contributed by atoms with E-state index in [0.29, 0.717) is 5.69 Å². The van der Waals surface area contributed by atoms with Gasteiger partial charge < -0.3 is 11.1 Å². The van der Waals surface area contributed by atoms with Crippen molar-refractivity contribution >= 4 is 17.8 Å². The molecule has 9 heteroatoms. The van der Waals surface area contributed by atoms with Gasteiger partial charge in [0.25, 0.3) is 11.8 Å². The number of carbonyl (C=O) groups excluding carboxylic acids is 3. The summed E-state index contributed by atoms with van der Waals surface area (Å²) in [6.45, 7) is -0.339. The van der Waals surface area contributed by atoms with E-state index in [-0.39, 0.29) is 12.2 Å². The van der Waals surface area contributed by atoms with E-state index in [1.807, 2.05) is 30.3 Å². The second-order valence-electron chi connectivity index (χ2n) is 4.25. The van der Waals surface area contributed by atoms with Crippen molar-refractivity contribution in [2.75, 3.05) is 6.54 Å². The third-order valence-corrected chi connectivity index (χ3v) is 2.63. The molecule has 0 aliphatic carbocycles. The molecular weight excluding hydrogens is 288 g/mol. The van der Waals surface area contributed by atoms with Gasteiger partial charge in [0.2, 0.25) is 0 Å². The highest BCUT2D eigenvalue weighted by Crippen LogP contribution is 2.16. The summed E-state index contributed by atoms with van der Waals surface area (Å²) >= 11 is 0. The number of rotatable bonds is 4. The fourth-order valence-corrected chi connectivity index (χ4v) is 1.60. The average Bonchev–Trinajstić information content (AvgIpc) is 3.01. The van der Waals surface area contributed by atoms with Gasteiger partial charge in [0.1, 0.15) is 12.2 Å². The largest absolute Gasteiger partial charge is 0.352 e. The van der Waals surface area contributed by atoms with Gasteiger partial charge in [-0.25, -0.2) is 4.79 Å². The van der Waals surface area contributed by atoms with E-state index in [0.717, 1.165) is 5.56 Å². The van der Waals surface area contributed by atoms with Crippen LogP contribution in [0, 0.1) is 0 Å². The molecule has 9 nitrogen and oxygen atoms in total. The molecular formula is C13H14N6O3. The quantitative estimate of drug-likeness (QED) is 0.485. The van der Waals surface area contributed by atoms with E-state index in [4.69, 9.17) is 5.73 Å². The van der Waals surface area contributed by atoms with Crippen LogP contribution in [0.2, 0.25) is 0 Å². The van der Waals surface area contributed by atoms with Crippen molar-refractivity contribution in [3.63, 3.8) is 0 Å². The molecule has 114 valence electrons. The maximum Gasteiger partial charge on any atom is 0.312 e. The molecule has 2 rings (SSSR count). The summed E-state index contributed by atoms with van der Waals surface area (Å²) in [6, 6.07) is 10.0. The number of hydrogen-bond acceptors (Lipinski definition) is 4. The number of nitrogens with one attached hydrogen (secondary N) is 4. The molecule has 0 bridgehead atoms. The molecule has 0 saturated carbocycles. The second-order valence-corrected chi connectivity index (χ2v) is 4.25. The minimum atomic E-state index is -0.831. The van der Waals surface area contributed by atoms with E-state index in [9.17, 15) is 14.4 Å². The van der Waals surface area contributed by atoms with Crippen LogP contribution in [-0.4, -0.2) is 34.6 Å². The first-order chi connectivity index (χ1) is 10.6. The second kappa shape index (κ2) is 6.88. The van der Waals surface area contributed by atoms with Gasteiger partial charge in [-0.15, -0.1) is 0 Å². The zero-order valence-corrected chi connectivity index (χ0v) is 11.4. The first-order valence-electron chi connectivity index (χ1n) is 6.29. The van der Waals surface area contributed by atoms with Crippen molar-refractivity contribution in [3.05, 3.63) is 42.1 Å². The normalized spacial score (nSPS) is 9.82. The summed E-state index contributed by atoms with van der Waals surface area (Å²) in [7, 11) is 0. The lowest BCUT2D eigenvalue weighted by Gasteiger charge is -2.05. The van der Waals surface area contributed by atoms with Gasteiger partial charge in [-0.1, -0.05) is 30.3 Å². The third kappa shape index (κ3) is 4.07. The Hall–Kier alpha value is -3.36. The van der Waals surface area contributed by atoms with Crippen LogP contribution in [0.15, 0.2) is 36.4 Å². The molecule has 2 aromatic rings. The van der Waals surface area contributed by atoms with Crippen LogP contribution >= 0.6 is 0 Å². The number of nitrogens with two attached hydrogens (primary N) is 1. The van der Waals surface area contributed by atoms with Gasteiger partial charge in [0, 0.05) is 5.56 Å². The summed E-state index contributed by atoms with van der Waals surface area (Å²) in [5, 5.41) is 8.69. The maximum atomic E-state index is 11.8. The number of hydrogen-bond donors (Lipinski definition) is 5. The number of amides is 4. The molecule has 0 atom stereocenters. The Morgan fingerprint density at radius 3 is 2.55 bits per heavy atom. The molecule has 4 amide bonds. The maximum absolute atomic E-state index is 11.8. The van der Waals surface area contributed by atoms with Crippen LogP contribution in [0.1, 0.15) is 10.5 Å². The van der Waals surface area contributed by atoms with Crippen molar-refractivity contribution in [3.8, 4) is 11.3 Å². The Balaban J connectivity index is 1.90. The van der Waals surface area contributed by atoms with Crippen molar-refractivity contribution in [2.45, 2.75) is 0 Å². The summed E-state index contributed by atoms with van der Waals surface area (Å²) in [5.41, 5.74) is 10.8. The third-order valence-electron chi connectivity index (χ3n) is 2.63. The molecule has 6 N–H and O–H groups in total. The fraction of sp³-hybridized carbons (Fsp3) is 0.0769. The van der Waals surface area contributed by atoms with Gasteiger partial charge in [0.15, 0.2) is 0 Å². The number of benzene rings is 1. The van der Waals surface area contributed by atoms with E-state index in [1.54, 1.807) is 6.07 Å². The number of carbonyl (C=O) groups is 3. The number of aromatic amines is 1. The van der Waals surface area contributed by atoms with Crippen molar-refractivity contribution in [2.24, 2.45) is 5.73 Å². The topological polar surface area (TPSA) is 142 Å². The van der Waals surface area contributed by atoms with Crippen molar-refractivity contribution < 1.29 is 14.4 Å². The predicted molar refractivity (Wildman–Crippen MR) is 77.2 cm³/mol. The number of hydrazine groups is 1. The van der Waals surface area contributed by atoms with Gasteiger partial charge in [0.05, 0.1) is 5.69 Å². The summed E-state index contributed by atoms with van der Waals surface area (Å²) in [6.07, 6.45) is 0. The van der Waals surface area contributed by atoms with Crippen LogP contribution in [0.5, 0.6) is 0 Å². The lowest BCUT2D eigenvalue weighted by molar-refractivity contribution is -0.120. The van der Waals surface area contributed by atoms with Gasteiger partial charge in [-0.3, -0.25) is 25.5 Å². The minimum Gasteiger partial charge on any atom is -0.352 e. The Morgan fingerprint density at radius 2 is 1.86 bits per heavy atom. The summed E-state index contributed by atoms with van der Waals surface area (Å²) in [4.78, 5) is 33.5. The zero-order chi connectivity index (χ0) is 15.9. The lowest BCUT2D eigenvalue weighted by Crippen LogP contribution is -2.47. The van der Waals surface area contributed by atoms with Crippen LogP contribution in [0.25, 0.3) is 11.3 Å². The molecule has 1 aromatic heterocycles. The number of aromatic nitrogens is 2. The van der Waals surface area contributed by atoms with E-state index in [2.05, 4.69) is 26.4 Å². The zero-order valence-electron chi connectivity index (χ0n) is 11.4. The van der Waals surface area contributed by atoms with E-state index >= 15 is 0 Å². The molecule has 0 saturated heterocycles. The molecule has 1 aromatic carbocycles.